The van der Waals surface area contributed by atoms with Crippen LogP contribution in [0.15, 0.2) is 54.8 Å². The van der Waals surface area contributed by atoms with Crippen LogP contribution in [0, 0.1) is 0 Å². The van der Waals surface area contributed by atoms with Crippen molar-refractivity contribution >= 4 is 39.1 Å². The molecule has 0 aliphatic carbocycles. The number of nitrogens with zero attached hydrogens (tertiary/aromatic N) is 4. The van der Waals surface area contributed by atoms with Gasteiger partial charge in [-0.2, -0.15) is 0 Å². The lowest BCUT2D eigenvalue weighted by molar-refractivity contribution is 0.0576. The van der Waals surface area contributed by atoms with E-state index in [4.69, 9.17) is 9.47 Å². The van der Waals surface area contributed by atoms with E-state index in [1.54, 1.807) is 14.2 Å². The highest BCUT2D eigenvalue weighted by molar-refractivity contribution is 7.20. The largest absolute Gasteiger partial charge is 0.497 e. The highest BCUT2D eigenvalue weighted by atomic mass is 32.1. The van der Waals surface area contributed by atoms with E-state index in [-0.39, 0.29) is 11.9 Å². The van der Waals surface area contributed by atoms with E-state index >= 15 is 0 Å². The number of likely N-dealkylation sites (tertiary alicyclic amines) is 1. The molecule has 0 radical (unpaired) electrons. The number of benzene rings is 2. The monoisotopic (exact) mass is 530 g/mol. The lowest BCUT2D eigenvalue weighted by Crippen LogP contribution is -2.54. The number of methoxy groups -OCH3 is 2. The van der Waals surface area contributed by atoms with E-state index in [0.717, 1.165) is 32.6 Å². The summed E-state index contributed by atoms with van der Waals surface area (Å²) in [5, 5.41) is 0.511. The first-order chi connectivity index (χ1) is 18.4. The van der Waals surface area contributed by atoms with Crippen LogP contribution in [0.2, 0.25) is 0 Å². The Bertz CT molecular complexity index is 1470. The molecule has 2 aromatic carbocycles. The van der Waals surface area contributed by atoms with Crippen LogP contribution in [-0.4, -0.2) is 71.0 Å². The molecule has 38 heavy (non-hydrogen) atoms. The van der Waals surface area contributed by atoms with Gasteiger partial charge in [0.1, 0.15) is 11.5 Å². The number of allylic oxidation sites excluding steroid dienone is 2. The Hall–Kier alpha value is -3.85. The number of hydrogen-bond acceptors (Lipinski definition) is 6. The van der Waals surface area contributed by atoms with Gasteiger partial charge in [0, 0.05) is 37.0 Å². The number of piperidine rings is 1. The van der Waals surface area contributed by atoms with Gasteiger partial charge in [-0.3, -0.25) is 9.69 Å². The summed E-state index contributed by atoms with van der Waals surface area (Å²) in [7, 11) is 3.25. The van der Waals surface area contributed by atoms with E-state index in [9.17, 15) is 9.59 Å². The Morgan fingerprint density at radius 1 is 1.16 bits per heavy atom. The molecule has 0 unspecified atom stereocenters. The molecule has 3 aliphatic heterocycles. The van der Waals surface area contributed by atoms with Crippen LogP contribution in [0.1, 0.15) is 40.7 Å². The van der Waals surface area contributed by atoms with Crippen LogP contribution in [0.4, 0.5) is 4.79 Å². The van der Waals surface area contributed by atoms with Crippen molar-refractivity contribution in [3.8, 4) is 11.5 Å². The highest BCUT2D eigenvalue weighted by Gasteiger charge is 2.55. The predicted molar refractivity (Wildman–Crippen MR) is 147 cm³/mol. The van der Waals surface area contributed by atoms with Crippen molar-refractivity contribution in [2.24, 2.45) is 0 Å². The van der Waals surface area contributed by atoms with Crippen molar-refractivity contribution < 1.29 is 19.1 Å². The van der Waals surface area contributed by atoms with Gasteiger partial charge in [0.15, 0.2) is 5.01 Å². The lowest BCUT2D eigenvalue weighted by atomic mass is 9.82. The summed E-state index contributed by atoms with van der Waals surface area (Å²) >= 11 is 1.43. The molecule has 0 N–H and O–H groups in total. The van der Waals surface area contributed by atoms with Gasteiger partial charge in [0.2, 0.25) is 0 Å². The molecule has 4 heterocycles. The van der Waals surface area contributed by atoms with Crippen molar-refractivity contribution in [2.45, 2.75) is 31.8 Å². The molecule has 8 nitrogen and oxygen atoms in total. The maximum atomic E-state index is 13.8. The minimum absolute atomic E-state index is 0.0212. The molecule has 2 fully saturated rings. The second-order valence-electron chi connectivity index (χ2n) is 9.84. The number of amides is 3. The maximum absolute atomic E-state index is 13.8. The van der Waals surface area contributed by atoms with E-state index in [1.807, 2.05) is 64.1 Å². The van der Waals surface area contributed by atoms with Gasteiger partial charge in [0.05, 0.1) is 36.5 Å². The average Bonchev–Trinajstić information content (AvgIpc) is 3.40. The number of fused-ring (bicyclic) bond motifs is 4. The fourth-order valence-corrected chi connectivity index (χ4v) is 7.08. The molecule has 3 aromatic rings. The number of ether oxygens (including phenoxy) is 2. The Labute approximate surface area is 225 Å². The topological polar surface area (TPSA) is 75.2 Å². The van der Waals surface area contributed by atoms with Gasteiger partial charge >= 0.3 is 6.03 Å². The fourth-order valence-electron chi connectivity index (χ4n) is 6.15. The molecule has 0 bridgehead atoms. The fraction of sp³-hybridized carbons (Fsp3) is 0.345. The van der Waals surface area contributed by atoms with Crippen LogP contribution < -0.4 is 9.47 Å². The van der Waals surface area contributed by atoms with Crippen LogP contribution in [-0.2, 0) is 6.54 Å². The standard InChI is InChI=1S/C29H30N4O4S/c1-5-33-28(35)32-17-19-15-20(36-3)16-22(37-4)25(19)18(2)14-24(32)29(33)10-12-31(13-11-29)27(34)26-30-21-8-6-7-9-23(21)38-26/h6-9,14-16H,2,5,10-13,17H2,1,3-4H3. The number of carbonyl (C=O) groups is 2. The van der Waals surface area contributed by atoms with Crippen molar-refractivity contribution in [2.75, 3.05) is 33.9 Å². The maximum Gasteiger partial charge on any atom is 0.325 e. The van der Waals surface area contributed by atoms with Gasteiger partial charge in [-0.1, -0.05) is 18.7 Å². The number of urea groups is 1. The van der Waals surface area contributed by atoms with Gasteiger partial charge in [0.25, 0.3) is 5.91 Å². The Morgan fingerprint density at radius 3 is 2.61 bits per heavy atom. The zero-order chi connectivity index (χ0) is 26.6. The van der Waals surface area contributed by atoms with E-state index in [2.05, 4.69) is 11.6 Å². The Morgan fingerprint density at radius 2 is 1.92 bits per heavy atom. The summed E-state index contributed by atoms with van der Waals surface area (Å²) in [4.78, 5) is 37.5. The SMILES string of the molecule is C=C1C=C2N(Cc3cc(OC)cc(OC)c31)C(=O)N(CC)C21CCN(C(=O)c2nc3ccccc3s2)CC1. The number of likely N-dealkylation sites (N-methyl/N-ethyl adjacent to an activating group) is 1. The van der Waals surface area contributed by atoms with Crippen molar-refractivity contribution in [3.63, 3.8) is 0 Å². The third-order valence-electron chi connectivity index (χ3n) is 7.99. The predicted octanol–water partition coefficient (Wildman–Crippen LogP) is 5.16. The summed E-state index contributed by atoms with van der Waals surface area (Å²) < 4.78 is 12.2. The van der Waals surface area contributed by atoms with Crippen LogP contribution in [0.25, 0.3) is 15.8 Å². The van der Waals surface area contributed by atoms with Gasteiger partial charge in [-0.05, 0) is 55.2 Å². The summed E-state index contributed by atoms with van der Waals surface area (Å²) in [6.07, 6.45) is 3.34. The van der Waals surface area contributed by atoms with E-state index < -0.39 is 5.54 Å². The summed E-state index contributed by atoms with van der Waals surface area (Å²) in [6, 6.07) is 11.6. The minimum atomic E-state index is -0.501. The first kappa shape index (κ1) is 24.5. The average molecular weight is 531 g/mol. The number of aromatic nitrogens is 1. The first-order valence-corrected chi connectivity index (χ1v) is 13.6. The number of para-hydroxylation sites is 1. The summed E-state index contributed by atoms with van der Waals surface area (Å²) in [5.41, 5.74) is 3.91. The summed E-state index contributed by atoms with van der Waals surface area (Å²) in [6.45, 7) is 8.45. The molecular weight excluding hydrogens is 500 g/mol. The lowest BCUT2D eigenvalue weighted by Gasteiger charge is -2.44. The second-order valence-corrected chi connectivity index (χ2v) is 10.9. The Balaban J connectivity index is 1.32. The number of rotatable bonds is 4. The third-order valence-corrected chi connectivity index (χ3v) is 9.01. The first-order valence-electron chi connectivity index (χ1n) is 12.8. The molecule has 1 aromatic heterocycles. The van der Waals surface area contributed by atoms with Crippen molar-refractivity contribution in [1.29, 1.82) is 0 Å². The minimum Gasteiger partial charge on any atom is -0.497 e. The molecule has 3 aliphatic rings. The Kier molecular flexibility index (Phi) is 5.90. The molecule has 0 atom stereocenters. The van der Waals surface area contributed by atoms with Gasteiger partial charge in [-0.15, -0.1) is 11.3 Å². The molecule has 2 saturated heterocycles. The quantitative estimate of drug-likeness (QED) is 0.466. The highest BCUT2D eigenvalue weighted by Crippen LogP contribution is 2.48. The smallest absolute Gasteiger partial charge is 0.325 e. The van der Waals surface area contributed by atoms with E-state index in [1.165, 1.54) is 11.3 Å². The number of thiazole rings is 1. The zero-order valence-electron chi connectivity index (χ0n) is 21.8. The van der Waals surface area contributed by atoms with Crippen LogP contribution in [0.5, 0.6) is 11.5 Å². The molecule has 196 valence electrons. The molecule has 1 spiro atoms. The third kappa shape index (κ3) is 3.60. The van der Waals surface area contributed by atoms with Crippen molar-refractivity contribution in [3.05, 3.63) is 70.9 Å². The van der Waals surface area contributed by atoms with Crippen LogP contribution in [0.3, 0.4) is 0 Å². The second kappa shape index (κ2) is 9.16. The van der Waals surface area contributed by atoms with E-state index in [0.29, 0.717) is 55.5 Å². The summed E-state index contributed by atoms with van der Waals surface area (Å²) in [5.74, 6) is 1.30. The van der Waals surface area contributed by atoms with Crippen LogP contribution >= 0.6 is 11.3 Å². The molecule has 0 saturated carbocycles. The molecular formula is C29H30N4O4S. The number of carbonyl (C=O) groups excluding carboxylic acids is 2. The normalized spacial score (nSPS) is 18.4. The molecule has 3 amide bonds. The zero-order valence-corrected chi connectivity index (χ0v) is 22.6. The number of hydrogen-bond donors (Lipinski definition) is 0. The molecule has 6 rings (SSSR count). The van der Waals surface area contributed by atoms with Crippen molar-refractivity contribution in [1.82, 2.24) is 19.7 Å². The van der Waals surface area contributed by atoms with Gasteiger partial charge < -0.3 is 19.3 Å². The molecule has 9 heteroatoms. The van der Waals surface area contributed by atoms with Gasteiger partial charge in [-0.25, -0.2) is 9.78 Å².